The largest absolute Gasteiger partial charge is 0.492 e. The summed E-state index contributed by atoms with van der Waals surface area (Å²) in [7, 11) is 0. The summed E-state index contributed by atoms with van der Waals surface area (Å²) in [5.74, 6) is 0.0585. The second kappa shape index (κ2) is 8.46. The highest BCUT2D eigenvalue weighted by atomic mass is 19.1. The molecule has 6 heteroatoms. The van der Waals surface area contributed by atoms with Crippen LogP contribution < -0.4 is 15.4 Å². The van der Waals surface area contributed by atoms with Crippen molar-refractivity contribution in [2.45, 2.75) is 33.2 Å². The fourth-order valence-corrected chi connectivity index (χ4v) is 1.91. The molecule has 1 aromatic carbocycles. The molecule has 0 saturated carbocycles. The van der Waals surface area contributed by atoms with E-state index in [1.807, 2.05) is 13.8 Å². The van der Waals surface area contributed by atoms with Crippen LogP contribution >= 0.6 is 0 Å². The van der Waals surface area contributed by atoms with Crippen LogP contribution in [0.2, 0.25) is 0 Å². The van der Waals surface area contributed by atoms with E-state index in [9.17, 15) is 9.18 Å². The summed E-state index contributed by atoms with van der Waals surface area (Å²) in [6.45, 7) is 6.09. The van der Waals surface area contributed by atoms with Crippen molar-refractivity contribution >= 4 is 11.7 Å². The number of hydrogen-bond donors (Lipinski definition) is 3. The van der Waals surface area contributed by atoms with Gasteiger partial charge in [-0.25, -0.2) is 9.18 Å². The lowest BCUT2D eigenvalue weighted by Crippen LogP contribution is -2.41. The first kappa shape index (κ1) is 17.2. The average Bonchev–Trinajstić information content (AvgIpc) is 2.41. The molecule has 0 saturated heterocycles. The summed E-state index contributed by atoms with van der Waals surface area (Å²) in [5.41, 5.74) is 0.405. The minimum Gasteiger partial charge on any atom is -0.492 e. The number of anilines is 1. The zero-order chi connectivity index (χ0) is 15.8. The standard InChI is InChI=1S/C15H23FN2O3/c1-4-21-14-9-11(16)5-6-13(14)18-15(20)17-12(7-8-19)10(2)3/h5-6,9-10,12,19H,4,7-8H2,1-3H3,(H2,17,18,20). The summed E-state index contributed by atoms with van der Waals surface area (Å²) >= 11 is 0. The van der Waals surface area contributed by atoms with E-state index in [-0.39, 0.29) is 24.3 Å². The Labute approximate surface area is 124 Å². The number of carbonyl (C=O) groups excluding carboxylic acids is 1. The molecule has 0 aliphatic carbocycles. The van der Waals surface area contributed by atoms with Crippen molar-refractivity contribution in [1.82, 2.24) is 5.32 Å². The molecule has 0 fully saturated rings. The Balaban J connectivity index is 2.73. The van der Waals surface area contributed by atoms with Crippen LogP contribution in [-0.2, 0) is 0 Å². The van der Waals surface area contributed by atoms with Crippen LogP contribution in [0, 0.1) is 11.7 Å². The zero-order valence-electron chi connectivity index (χ0n) is 12.6. The van der Waals surface area contributed by atoms with Crippen LogP contribution in [0.4, 0.5) is 14.9 Å². The molecule has 5 nitrogen and oxygen atoms in total. The molecule has 0 bridgehead atoms. The maximum Gasteiger partial charge on any atom is 0.319 e. The van der Waals surface area contributed by atoms with Crippen LogP contribution in [-0.4, -0.2) is 30.4 Å². The van der Waals surface area contributed by atoms with Gasteiger partial charge in [0.15, 0.2) is 0 Å². The average molecular weight is 298 g/mol. The first-order chi connectivity index (χ1) is 9.97. The number of aliphatic hydroxyl groups is 1. The molecule has 0 aromatic heterocycles. The number of rotatable bonds is 7. The third-order valence-electron chi connectivity index (χ3n) is 3.05. The van der Waals surface area contributed by atoms with Crippen molar-refractivity contribution in [1.29, 1.82) is 0 Å². The molecular formula is C15H23FN2O3. The molecule has 1 aromatic rings. The van der Waals surface area contributed by atoms with Gasteiger partial charge in [-0.1, -0.05) is 13.8 Å². The monoisotopic (exact) mass is 298 g/mol. The van der Waals surface area contributed by atoms with Gasteiger partial charge in [0.1, 0.15) is 11.6 Å². The Bertz CT molecular complexity index is 466. The topological polar surface area (TPSA) is 70.6 Å². The second-order valence-corrected chi connectivity index (χ2v) is 5.03. The van der Waals surface area contributed by atoms with E-state index in [1.54, 1.807) is 6.92 Å². The van der Waals surface area contributed by atoms with Gasteiger partial charge >= 0.3 is 6.03 Å². The molecule has 118 valence electrons. The lowest BCUT2D eigenvalue weighted by molar-refractivity contribution is 0.227. The van der Waals surface area contributed by atoms with Gasteiger partial charge in [0.05, 0.1) is 12.3 Å². The van der Waals surface area contributed by atoms with Crippen LogP contribution in [0.15, 0.2) is 18.2 Å². The molecule has 0 heterocycles. The molecule has 0 radical (unpaired) electrons. The molecule has 3 N–H and O–H groups in total. The number of benzene rings is 1. The maximum absolute atomic E-state index is 13.2. The first-order valence-corrected chi connectivity index (χ1v) is 7.08. The minimum absolute atomic E-state index is 0.00384. The number of carbonyl (C=O) groups is 1. The van der Waals surface area contributed by atoms with Crippen molar-refractivity contribution in [3.05, 3.63) is 24.0 Å². The fourth-order valence-electron chi connectivity index (χ4n) is 1.91. The van der Waals surface area contributed by atoms with Gasteiger partial charge in [0.25, 0.3) is 0 Å². The third-order valence-corrected chi connectivity index (χ3v) is 3.05. The number of halogens is 1. The smallest absolute Gasteiger partial charge is 0.319 e. The van der Waals surface area contributed by atoms with Gasteiger partial charge in [-0.15, -0.1) is 0 Å². The molecule has 0 aliphatic heterocycles. The number of urea groups is 1. The van der Waals surface area contributed by atoms with E-state index in [0.717, 1.165) is 0 Å². The highest BCUT2D eigenvalue weighted by Gasteiger charge is 2.16. The summed E-state index contributed by atoms with van der Waals surface area (Å²) in [6, 6.07) is 3.40. The quantitative estimate of drug-likeness (QED) is 0.725. The normalized spacial score (nSPS) is 12.1. The minimum atomic E-state index is -0.426. The van der Waals surface area contributed by atoms with E-state index in [1.165, 1.54) is 18.2 Å². The molecule has 2 amide bonds. The van der Waals surface area contributed by atoms with Crippen LogP contribution in [0.1, 0.15) is 27.2 Å². The molecule has 21 heavy (non-hydrogen) atoms. The second-order valence-electron chi connectivity index (χ2n) is 5.03. The molecule has 1 atom stereocenters. The van der Waals surface area contributed by atoms with Crippen molar-refractivity contribution in [2.24, 2.45) is 5.92 Å². The van der Waals surface area contributed by atoms with Gasteiger partial charge in [-0.2, -0.15) is 0 Å². The molecule has 1 rings (SSSR count). The number of aliphatic hydroxyl groups excluding tert-OH is 1. The lowest BCUT2D eigenvalue weighted by Gasteiger charge is -2.22. The van der Waals surface area contributed by atoms with Crippen LogP contribution in [0.3, 0.4) is 0 Å². The van der Waals surface area contributed by atoms with E-state index >= 15 is 0 Å². The summed E-state index contributed by atoms with van der Waals surface area (Å²) in [5, 5.41) is 14.4. The highest BCUT2D eigenvalue weighted by molar-refractivity contribution is 5.91. The fraction of sp³-hybridized carbons (Fsp3) is 0.533. The van der Waals surface area contributed by atoms with Crippen molar-refractivity contribution in [3.63, 3.8) is 0 Å². The summed E-state index contributed by atoms with van der Waals surface area (Å²) < 4.78 is 18.5. The van der Waals surface area contributed by atoms with Crippen molar-refractivity contribution in [2.75, 3.05) is 18.5 Å². The Morgan fingerprint density at radius 1 is 1.43 bits per heavy atom. The Morgan fingerprint density at radius 3 is 2.71 bits per heavy atom. The molecule has 0 spiro atoms. The van der Waals surface area contributed by atoms with Crippen LogP contribution in [0.25, 0.3) is 0 Å². The molecular weight excluding hydrogens is 275 g/mol. The van der Waals surface area contributed by atoms with Gasteiger partial charge in [0.2, 0.25) is 0 Å². The van der Waals surface area contributed by atoms with E-state index in [2.05, 4.69) is 10.6 Å². The predicted octanol–water partition coefficient (Wildman–Crippen LogP) is 2.75. The lowest BCUT2D eigenvalue weighted by atomic mass is 10.0. The van der Waals surface area contributed by atoms with Gasteiger partial charge < -0.3 is 20.5 Å². The Morgan fingerprint density at radius 2 is 2.14 bits per heavy atom. The highest BCUT2D eigenvalue weighted by Crippen LogP contribution is 2.25. The number of ether oxygens (including phenoxy) is 1. The van der Waals surface area contributed by atoms with Gasteiger partial charge in [-0.3, -0.25) is 0 Å². The number of nitrogens with one attached hydrogen (secondary N) is 2. The predicted molar refractivity (Wildman–Crippen MR) is 80.1 cm³/mol. The third kappa shape index (κ3) is 5.59. The van der Waals surface area contributed by atoms with E-state index in [4.69, 9.17) is 9.84 Å². The first-order valence-electron chi connectivity index (χ1n) is 7.08. The van der Waals surface area contributed by atoms with Crippen molar-refractivity contribution < 1.29 is 19.0 Å². The summed E-state index contributed by atoms with van der Waals surface area (Å²) in [6.07, 6.45) is 0.479. The number of amides is 2. The summed E-state index contributed by atoms with van der Waals surface area (Å²) in [4.78, 5) is 12.0. The number of hydrogen-bond acceptors (Lipinski definition) is 3. The van der Waals surface area contributed by atoms with Gasteiger partial charge in [0, 0.05) is 18.7 Å². The molecule has 0 aliphatic rings. The van der Waals surface area contributed by atoms with Crippen molar-refractivity contribution in [3.8, 4) is 5.75 Å². The Kier molecular flexibility index (Phi) is 6.94. The molecule has 1 unspecified atom stereocenters. The van der Waals surface area contributed by atoms with E-state index < -0.39 is 11.8 Å². The maximum atomic E-state index is 13.2. The SMILES string of the molecule is CCOc1cc(F)ccc1NC(=O)NC(CCO)C(C)C. The van der Waals surface area contributed by atoms with Gasteiger partial charge in [-0.05, 0) is 31.4 Å². The van der Waals surface area contributed by atoms with Crippen LogP contribution in [0.5, 0.6) is 5.75 Å². The Hall–Kier alpha value is -1.82. The van der Waals surface area contributed by atoms with E-state index in [0.29, 0.717) is 18.7 Å². The zero-order valence-corrected chi connectivity index (χ0v) is 12.6.